The smallest absolute Gasteiger partial charge is 0.323 e. The van der Waals surface area contributed by atoms with Crippen LogP contribution in [0.2, 0.25) is 0 Å². The maximum absolute atomic E-state index is 12.6. The lowest BCUT2D eigenvalue weighted by Gasteiger charge is -2.17. The van der Waals surface area contributed by atoms with E-state index in [0.29, 0.717) is 4.90 Å². The first-order valence-corrected chi connectivity index (χ1v) is 4.74. The van der Waals surface area contributed by atoms with E-state index in [4.69, 9.17) is 10.2 Å². The monoisotopic (exact) mass is 256 g/mol. The summed E-state index contributed by atoms with van der Waals surface area (Å²) in [5.41, 5.74) is -0.223. The number of amides is 1. The average molecular weight is 256 g/mol. The van der Waals surface area contributed by atoms with Gasteiger partial charge in [-0.2, -0.15) is 0 Å². The van der Waals surface area contributed by atoms with Crippen molar-refractivity contribution in [3.05, 3.63) is 29.8 Å². The van der Waals surface area contributed by atoms with E-state index in [9.17, 15) is 18.8 Å². The molecule has 0 aliphatic heterocycles. The predicted molar refractivity (Wildman–Crippen MR) is 55.4 cm³/mol. The van der Waals surface area contributed by atoms with Crippen LogP contribution in [-0.4, -0.2) is 51.0 Å². The van der Waals surface area contributed by atoms with E-state index >= 15 is 0 Å². The highest BCUT2D eigenvalue weighted by Gasteiger charge is 2.21. The van der Waals surface area contributed by atoms with Crippen molar-refractivity contribution >= 4 is 17.8 Å². The van der Waals surface area contributed by atoms with Crippen LogP contribution < -0.4 is 0 Å². The second-order valence-corrected chi connectivity index (χ2v) is 3.31. The molecule has 1 amide bonds. The van der Waals surface area contributed by atoms with Gasteiger partial charge in [0, 0.05) is 0 Å². The molecule has 0 unspecified atom stereocenters. The third kappa shape index (κ3) is 3.81. The predicted octanol–water partition coefficient (Wildman–Crippen LogP) is -0.168. The zero-order valence-electron chi connectivity index (χ0n) is 9.04. The number of aliphatic carboxylic acids is 2. The Balaban J connectivity index is 2.90. The van der Waals surface area contributed by atoms with Crippen molar-refractivity contribution in [2.45, 2.75) is 0 Å². The Morgan fingerprint density at radius 3 is 2.11 bits per heavy atom. The van der Waals surface area contributed by atoms with Crippen molar-refractivity contribution in [3.63, 3.8) is 0 Å². The van der Waals surface area contributed by atoms with E-state index in [0.717, 1.165) is 18.3 Å². The molecule has 0 aliphatic carbocycles. The Morgan fingerprint density at radius 2 is 1.72 bits per heavy atom. The summed E-state index contributed by atoms with van der Waals surface area (Å²) in [6.07, 6.45) is 0.785. The van der Waals surface area contributed by atoms with Gasteiger partial charge >= 0.3 is 11.9 Å². The normalized spacial score (nSPS) is 9.83. The van der Waals surface area contributed by atoms with Crippen LogP contribution in [0.15, 0.2) is 18.3 Å². The highest BCUT2D eigenvalue weighted by molar-refractivity contribution is 5.95. The first kappa shape index (κ1) is 13.6. The highest BCUT2D eigenvalue weighted by atomic mass is 19.1. The van der Waals surface area contributed by atoms with Gasteiger partial charge in [-0.3, -0.25) is 14.4 Å². The van der Waals surface area contributed by atoms with Crippen LogP contribution >= 0.6 is 0 Å². The lowest BCUT2D eigenvalue weighted by Crippen LogP contribution is -2.39. The maximum Gasteiger partial charge on any atom is 0.323 e. The van der Waals surface area contributed by atoms with Gasteiger partial charge in [-0.05, 0) is 12.1 Å². The van der Waals surface area contributed by atoms with E-state index in [1.807, 2.05) is 0 Å². The number of hydrogen-bond acceptors (Lipinski definition) is 4. The number of carbonyl (C=O) groups is 3. The molecule has 1 aromatic heterocycles. The van der Waals surface area contributed by atoms with Gasteiger partial charge in [0.25, 0.3) is 5.91 Å². The van der Waals surface area contributed by atoms with Crippen LogP contribution in [0, 0.1) is 5.82 Å². The van der Waals surface area contributed by atoms with Crippen molar-refractivity contribution in [3.8, 4) is 0 Å². The molecule has 0 atom stereocenters. The molecule has 7 nitrogen and oxygen atoms in total. The molecule has 0 aliphatic rings. The van der Waals surface area contributed by atoms with E-state index < -0.39 is 36.8 Å². The number of rotatable bonds is 5. The van der Waals surface area contributed by atoms with E-state index in [2.05, 4.69) is 4.98 Å². The van der Waals surface area contributed by atoms with Crippen molar-refractivity contribution in [1.29, 1.82) is 0 Å². The summed E-state index contributed by atoms with van der Waals surface area (Å²) in [5.74, 6) is -4.26. The summed E-state index contributed by atoms with van der Waals surface area (Å²) in [4.78, 5) is 36.8. The molecule has 8 heteroatoms. The van der Waals surface area contributed by atoms with E-state index in [1.54, 1.807) is 0 Å². The Kier molecular flexibility index (Phi) is 4.30. The van der Waals surface area contributed by atoms with Crippen molar-refractivity contribution < 1.29 is 29.0 Å². The second kappa shape index (κ2) is 5.71. The number of carboxylic acids is 2. The van der Waals surface area contributed by atoms with Crippen LogP contribution in [0.25, 0.3) is 0 Å². The van der Waals surface area contributed by atoms with Crippen LogP contribution in [-0.2, 0) is 9.59 Å². The first-order chi connectivity index (χ1) is 8.40. The van der Waals surface area contributed by atoms with E-state index in [-0.39, 0.29) is 5.69 Å². The summed E-state index contributed by atoms with van der Waals surface area (Å²) >= 11 is 0. The minimum absolute atomic E-state index is 0.223. The largest absolute Gasteiger partial charge is 0.480 e. The lowest BCUT2D eigenvalue weighted by atomic mass is 10.3. The third-order valence-corrected chi connectivity index (χ3v) is 1.89. The summed E-state index contributed by atoms with van der Waals surface area (Å²) in [5, 5.41) is 17.1. The number of aromatic nitrogens is 1. The molecule has 0 radical (unpaired) electrons. The van der Waals surface area contributed by atoms with Crippen LogP contribution in [0.4, 0.5) is 4.39 Å². The summed E-state index contributed by atoms with van der Waals surface area (Å²) in [6, 6.07) is 2.02. The molecule has 1 rings (SSSR count). The molecule has 96 valence electrons. The summed E-state index contributed by atoms with van der Waals surface area (Å²) < 4.78 is 12.6. The molecule has 0 bridgehead atoms. The quantitative estimate of drug-likeness (QED) is 0.757. The van der Waals surface area contributed by atoms with Gasteiger partial charge in [0.05, 0.1) is 6.20 Å². The summed E-state index contributed by atoms with van der Waals surface area (Å²) in [7, 11) is 0. The molecule has 0 fully saturated rings. The number of nitrogens with zero attached hydrogens (tertiary/aromatic N) is 2. The molecule has 0 saturated carbocycles. The minimum Gasteiger partial charge on any atom is -0.480 e. The number of halogens is 1. The molecule has 0 aromatic carbocycles. The standard InChI is InChI=1S/C10H9FN2O5/c11-6-1-2-7(12-3-6)10(18)13(4-8(14)15)5-9(16)17/h1-3H,4-5H2,(H,14,15)(H,16,17). The number of hydrogen-bond donors (Lipinski definition) is 2. The fourth-order valence-electron chi connectivity index (χ4n) is 1.19. The molecule has 1 heterocycles. The zero-order chi connectivity index (χ0) is 13.7. The molecular formula is C10H9FN2O5. The van der Waals surface area contributed by atoms with Gasteiger partial charge in [0.2, 0.25) is 0 Å². The Morgan fingerprint density at radius 1 is 1.17 bits per heavy atom. The molecule has 18 heavy (non-hydrogen) atoms. The van der Waals surface area contributed by atoms with Crippen LogP contribution in [0.1, 0.15) is 10.5 Å². The number of carbonyl (C=O) groups excluding carboxylic acids is 1. The molecule has 2 N–H and O–H groups in total. The minimum atomic E-state index is -1.35. The first-order valence-electron chi connectivity index (χ1n) is 4.74. The molecule has 0 saturated heterocycles. The summed E-state index contributed by atoms with van der Waals surface area (Å²) in [6.45, 7) is -1.55. The lowest BCUT2D eigenvalue weighted by molar-refractivity contribution is -0.140. The van der Waals surface area contributed by atoms with Crippen molar-refractivity contribution in [2.75, 3.05) is 13.1 Å². The fourth-order valence-corrected chi connectivity index (χ4v) is 1.19. The Bertz CT molecular complexity index is 458. The van der Waals surface area contributed by atoms with E-state index in [1.165, 1.54) is 0 Å². The number of pyridine rings is 1. The topological polar surface area (TPSA) is 108 Å². The zero-order valence-corrected chi connectivity index (χ0v) is 9.04. The SMILES string of the molecule is O=C(O)CN(CC(=O)O)C(=O)c1ccc(F)cn1. The average Bonchev–Trinajstić information content (AvgIpc) is 2.27. The van der Waals surface area contributed by atoms with Gasteiger partial charge in [-0.15, -0.1) is 0 Å². The van der Waals surface area contributed by atoms with Gasteiger partial charge in [-0.1, -0.05) is 0 Å². The Labute approximate surface area is 100 Å². The third-order valence-electron chi connectivity index (χ3n) is 1.89. The Hall–Kier alpha value is -2.51. The second-order valence-electron chi connectivity index (χ2n) is 3.31. The van der Waals surface area contributed by atoms with Crippen molar-refractivity contribution in [2.24, 2.45) is 0 Å². The van der Waals surface area contributed by atoms with Gasteiger partial charge in [-0.25, -0.2) is 9.37 Å². The van der Waals surface area contributed by atoms with Gasteiger partial charge in [0.15, 0.2) is 0 Å². The molecular weight excluding hydrogens is 247 g/mol. The fraction of sp³-hybridized carbons (Fsp3) is 0.200. The number of carboxylic acid groups (broad SMARTS) is 2. The van der Waals surface area contributed by atoms with Gasteiger partial charge in [0.1, 0.15) is 24.6 Å². The molecule has 1 aromatic rings. The maximum atomic E-state index is 12.6. The molecule has 0 spiro atoms. The van der Waals surface area contributed by atoms with Crippen LogP contribution in [0.5, 0.6) is 0 Å². The van der Waals surface area contributed by atoms with Crippen LogP contribution in [0.3, 0.4) is 0 Å². The van der Waals surface area contributed by atoms with Gasteiger partial charge < -0.3 is 15.1 Å². The highest BCUT2D eigenvalue weighted by Crippen LogP contribution is 2.03. The van der Waals surface area contributed by atoms with Crippen molar-refractivity contribution in [1.82, 2.24) is 9.88 Å².